The van der Waals surface area contributed by atoms with Crippen LogP contribution in [0.25, 0.3) is 0 Å². The molecule has 0 aromatic rings. The Balaban J connectivity index is 0.000000497. The second-order valence-electron chi connectivity index (χ2n) is 68.2. The van der Waals surface area contributed by atoms with E-state index in [0.29, 0.717) is 152 Å². The van der Waals surface area contributed by atoms with Gasteiger partial charge in [0, 0.05) is 36.2 Å². The summed E-state index contributed by atoms with van der Waals surface area (Å²) >= 11 is 0. The molecule has 9 saturated carbocycles. The van der Waals surface area contributed by atoms with Crippen LogP contribution in [0.4, 0.5) is 8.78 Å². The molecule has 11 fully saturated rings. The van der Waals surface area contributed by atoms with Crippen LogP contribution in [0.2, 0.25) is 0 Å². The maximum absolute atomic E-state index is 13.1. The quantitative estimate of drug-likeness (QED) is 0.284. The average Bonchev–Trinajstić information content (AvgIpc) is 1.48. The minimum Gasteiger partial charge on any atom is -0.393 e. The van der Waals surface area contributed by atoms with Gasteiger partial charge in [0.2, 0.25) is 5.92 Å². The summed E-state index contributed by atoms with van der Waals surface area (Å²) in [5.41, 5.74) is 12.0. The summed E-state index contributed by atoms with van der Waals surface area (Å²) in [7, 11) is 0. The highest BCUT2D eigenvalue weighted by molar-refractivity contribution is 5.19. The molecule has 1 N–H and O–H groups in total. The molecule has 6 heteroatoms. The van der Waals surface area contributed by atoms with E-state index >= 15 is 0 Å². The predicted octanol–water partition coefficient (Wildman–Crippen LogP) is 41.2. The van der Waals surface area contributed by atoms with Crippen LogP contribution in [0.15, 0.2) is 0 Å². The van der Waals surface area contributed by atoms with E-state index in [2.05, 4.69) is 435 Å². The normalized spacial score (nSPS) is 24.3. The minimum atomic E-state index is -2.43. The van der Waals surface area contributed by atoms with Crippen molar-refractivity contribution in [3.05, 3.63) is 0 Å². The van der Waals surface area contributed by atoms with Crippen LogP contribution in [0.5, 0.6) is 0 Å². The maximum atomic E-state index is 13.1. The highest BCUT2D eigenvalue weighted by atomic mass is 19.3. The number of nitriles is 1. The van der Waals surface area contributed by atoms with E-state index in [1.165, 1.54) is 109 Å². The molecule has 0 radical (unpaired) electrons. The largest absolute Gasteiger partial charge is 0.393 e. The number of rotatable bonds is 1. The molecule has 0 aromatic carbocycles. The first-order valence-electron chi connectivity index (χ1n) is 55.0. The average molecular weight is 1860 g/mol. The summed E-state index contributed by atoms with van der Waals surface area (Å²) in [5.74, 6) is -0.194. The summed E-state index contributed by atoms with van der Waals surface area (Å²) in [4.78, 5) is 0. The van der Waals surface area contributed by atoms with E-state index in [-0.39, 0.29) is 35.2 Å². The molecule has 0 unspecified atom stereocenters. The number of nitrogens with zero attached hydrogens (tertiary/aromatic N) is 1. The minimum absolute atomic E-state index is 0.0486. The number of aliphatic hydroxyl groups is 1. The lowest BCUT2D eigenvalue weighted by Crippen LogP contribution is -2.59. The van der Waals surface area contributed by atoms with Crippen molar-refractivity contribution in [2.75, 3.05) is 26.4 Å². The lowest BCUT2D eigenvalue weighted by atomic mass is 9.41. The van der Waals surface area contributed by atoms with Crippen molar-refractivity contribution in [2.24, 2.45) is 186 Å². The third-order valence-corrected chi connectivity index (χ3v) is 42.3. The number of hydrogen-bond donors (Lipinski definition) is 1. The third kappa shape index (κ3) is 25.9. The van der Waals surface area contributed by atoms with Crippen LogP contribution in [-0.2, 0) is 9.47 Å². The first-order valence-corrected chi connectivity index (χ1v) is 55.0. The molecule has 0 bridgehead atoms. The van der Waals surface area contributed by atoms with Crippen molar-refractivity contribution in [3.8, 4) is 6.07 Å². The topological polar surface area (TPSA) is 62.5 Å². The zero-order valence-corrected chi connectivity index (χ0v) is 102. The Morgan fingerprint density at radius 1 is 0.258 bits per heavy atom. The van der Waals surface area contributed by atoms with Gasteiger partial charge in [-0.1, -0.05) is 455 Å². The zero-order chi connectivity index (χ0) is 106. The highest BCUT2D eigenvalue weighted by Gasteiger charge is 2.70. The molecule has 4 nitrogen and oxygen atoms in total. The van der Waals surface area contributed by atoms with E-state index in [9.17, 15) is 13.9 Å². The van der Waals surface area contributed by atoms with Gasteiger partial charge >= 0.3 is 0 Å². The van der Waals surface area contributed by atoms with Gasteiger partial charge in [-0.15, -0.1) is 0 Å². The summed E-state index contributed by atoms with van der Waals surface area (Å²) in [6.07, 6.45) is 28.5. The third-order valence-electron chi connectivity index (χ3n) is 42.3. The monoisotopic (exact) mass is 1860 g/mol. The Morgan fingerprint density at radius 2 is 0.477 bits per heavy atom. The maximum Gasteiger partial charge on any atom is 0.249 e. The predicted molar refractivity (Wildman–Crippen MR) is 582 cm³/mol. The number of halogens is 2. The summed E-state index contributed by atoms with van der Waals surface area (Å²) in [6.45, 7) is 149. The van der Waals surface area contributed by atoms with Gasteiger partial charge in [0.25, 0.3) is 0 Å². The molecular formula is C126H245F2NO3. The molecule has 786 valence electrons. The van der Waals surface area contributed by atoms with Crippen LogP contribution < -0.4 is 0 Å². The SMILES string of the molecule is CC(C)(C)C1(C(C)(C)C)CC(C#N)C1.CC(C)(C)C1(C(C)(C)C)CC(F)(F)C1.CC(C)(C)C1(C(C)(C)C)CC(O)C1.CC(C)(C)C1(C(C)(C)C)CC2(CC2)C1.CC(C)(C)C1(C(C)(C)C)CCC1.CC(C)(C)C1(C(C)(C)C)CCCC1.CC(C)(C)C1(C(C)(C)C)CCOC1.CC(C)(C)C1(C(C)(C)C)COC1.CC1CC(C(C)(C)C)(C(C)(C)C)C1.CCC1CC(C(C)(C)C)(C(C)(C)C)C1. The molecule has 1 spiro atoms. The van der Waals surface area contributed by atoms with Crippen molar-refractivity contribution in [1.82, 2.24) is 0 Å². The first kappa shape index (κ1) is 127. The molecule has 9 aliphatic carbocycles. The molecule has 2 heterocycles. The summed E-state index contributed by atoms with van der Waals surface area (Å²) < 4.78 is 37.2. The van der Waals surface area contributed by atoms with E-state index in [1.807, 2.05) is 0 Å². The zero-order valence-electron chi connectivity index (χ0n) is 102. The van der Waals surface area contributed by atoms with Gasteiger partial charge in [-0.25, -0.2) is 8.78 Å². The lowest BCUT2D eigenvalue weighted by Gasteiger charge is -2.64. The Bertz CT molecular complexity index is 3200. The number of alkyl halides is 2. The van der Waals surface area contributed by atoms with Gasteiger partial charge in [-0.2, -0.15) is 5.26 Å². The molecule has 11 rings (SSSR count). The van der Waals surface area contributed by atoms with E-state index < -0.39 is 5.92 Å². The summed E-state index contributed by atoms with van der Waals surface area (Å²) in [6, 6.07) is 2.40. The Morgan fingerprint density at radius 3 is 0.598 bits per heavy atom. The smallest absolute Gasteiger partial charge is 0.249 e. The van der Waals surface area contributed by atoms with Crippen molar-refractivity contribution in [1.29, 1.82) is 5.26 Å². The fourth-order valence-corrected chi connectivity index (χ4v) is 32.3. The van der Waals surface area contributed by atoms with Crippen LogP contribution in [0.3, 0.4) is 0 Å². The fraction of sp³-hybridized carbons (Fsp3) is 0.992. The van der Waals surface area contributed by atoms with Crippen molar-refractivity contribution < 1.29 is 23.4 Å². The van der Waals surface area contributed by atoms with E-state index in [1.54, 1.807) is 0 Å². The molecule has 0 amide bonds. The van der Waals surface area contributed by atoms with Crippen LogP contribution >= 0.6 is 0 Å². The second kappa shape index (κ2) is 40.0. The molecule has 0 atom stereocenters. The molecule has 2 aliphatic heterocycles. The van der Waals surface area contributed by atoms with Crippen molar-refractivity contribution >= 4 is 0 Å². The Hall–Kier alpha value is -0.770. The van der Waals surface area contributed by atoms with Gasteiger partial charge in [-0.05, 0) is 278 Å². The van der Waals surface area contributed by atoms with Crippen LogP contribution in [-0.4, -0.2) is 43.6 Å². The second-order valence-corrected chi connectivity index (χ2v) is 68.2. The van der Waals surface area contributed by atoms with Gasteiger partial charge in [0.05, 0.1) is 32.0 Å². The Kier molecular flexibility index (Phi) is 38.6. The number of ether oxygens (including phenoxy) is 2. The Labute approximate surface area is 830 Å². The van der Waals surface area contributed by atoms with Crippen LogP contribution in [0.1, 0.15) is 577 Å². The molecule has 11 aliphatic rings. The van der Waals surface area contributed by atoms with Crippen LogP contribution in [0, 0.1) is 197 Å². The van der Waals surface area contributed by atoms with Crippen molar-refractivity contribution in [2.45, 2.75) is 589 Å². The molecule has 2 saturated heterocycles. The molecule has 0 aromatic heterocycles. The number of hydrogen-bond acceptors (Lipinski definition) is 4. The van der Waals surface area contributed by atoms with E-state index in [0.717, 1.165) is 69.4 Å². The number of aliphatic hydroxyl groups excluding tert-OH is 1. The summed E-state index contributed by atoms with van der Waals surface area (Å²) in [5, 5.41) is 18.4. The first-order chi connectivity index (χ1) is 57.3. The van der Waals surface area contributed by atoms with Gasteiger partial charge in [0.1, 0.15) is 0 Å². The molecular weight excluding hydrogens is 1610 g/mol. The highest BCUT2D eigenvalue weighted by Crippen LogP contribution is 2.79. The van der Waals surface area contributed by atoms with Gasteiger partial charge < -0.3 is 14.6 Å². The van der Waals surface area contributed by atoms with E-state index in [4.69, 9.17) is 14.7 Å². The van der Waals surface area contributed by atoms with Gasteiger partial charge in [0.15, 0.2) is 0 Å². The van der Waals surface area contributed by atoms with Crippen molar-refractivity contribution in [3.63, 3.8) is 0 Å². The lowest BCUT2D eigenvalue weighted by molar-refractivity contribution is -0.243. The fourth-order valence-electron chi connectivity index (χ4n) is 32.3. The standard InChI is InChI=1S/C14H26.C14H28.C13H23N.2C13H26.C12H22F2.2C12H24O.C12H24.C11H22O/c1-11(2,3)14(12(4,5)6)9-13(10-14)7-8-13;1-8-11-9-14(10-11,12(2,3)4)13(5,6)7;1-11(2,3)13(12(4,5)6)7-10(8-13)9-14;1-10-8-13(9-10,11(2,3)4)12(5,6)7;1-11(2,3)13(12(4,5)6)9-7-8-10-13;1-9(2,3)11(10(4,5)6)7-12(13,14)8-11;1-10(2,3)12(11(4,5)6)7-9(13)8-12;1-10(2,3)12(11(4,5)6)7-8-13-9-12;1-10(2,3)12(8-7-9-12)11(4,5)6;1-9(2,3)11(7-12-8-11)10(4,5)6/h7-10H2,1-6H3;11H,8-10H2,1-7H3;10H,7-8H2,1-6H3;10H,8-9H2,1-7H3;7-10H2,1-6H3;7-8H2,1-6H3;9,13H,7-8H2,1-6H3;7-9H2,1-6H3;7-9H2,1-6H3;7-8H2,1-6H3. The molecule has 132 heavy (non-hydrogen) atoms. The van der Waals surface area contributed by atoms with Gasteiger partial charge in [-0.3, -0.25) is 0 Å².